The van der Waals surface area contributed by atoms with Crippen molar-refractivity contribution >= 4 is 17.6 Å². The van der Waals surface area contributed by atoms with Crippen LogP contribution >= 0.6 is 0 Å². The SMILES string of the molecule is CC(C)Oc1ccc(C(=O)O[C@H](C)C(=O)Nc2cccc(F)c2)cc1. The second-order valence-electron chi connectivity index (χ2n) is 5.74. The van der Waals surface area contributed by atoms with E-state index in [0.29, 0.717) is 17.0 Å². The van der Waals surface area contributed by atoms with Gasteiger partial charge in [-0.25, -0.2) is 9.18 Å². The number of rotatable bonds is 6. The second-order valence-corrected chi connectivity index (χ2v) is 5.74. The van der Waals surface area contributed by atoms with Gasteiger partial charge in [-0.05, 0) is 63.2 Å². The predicted octanol–water partition coefficient (Wildman–Crippen LogP) is 3.80. The molecule has 0 heterocycles. The Kier molecular flexibility index (Phi) is 6.11. The highest BCUT2D eigenvalue weighted by Crippen LogP contribution is 2.15. The molecule has 0 aliphatic carbocycles. The molecule has 5 nitrogen and oxygen atoms in total. The number of amides is 1. The van der Waals surface area contributed by atoms with Crippen molar-refractivity contribution in [2.75, 3.05) is 5.32 Å². The van der Waals surface area contributed by atoms with Crippen LogP contribution in [0.15, 0.2) is 48.5 Å². The maximum absolute atomic E-state index is 13.1. The molecule has 0 aromatic heterocycles. The Hall–Kier alpha value is -2.89. The molecule has 0 spiro atoms. The van der Waals surface area contributed by atoms with E-state index in [2.05, 4.69) is 5.32 Å². The lowest BCUT2D eigenvalue weighted by Gasteiger charge is -2.14. The largest absolute Gasteiger partial charge is 0.491 e. The van der Waals surface area contributed by atoms with Crippen LogP contribution in [0.2, 0.25) is 0 Å². The molecule has 132 valence electrons. The van der Waals surface area contributed by atoms with E-state index in [0.717, 1.165) is 0 Å². The molecule has 0 fully saturated rings. The van der Waals surface area contributed by atoms with E-state index >= 15 is 0 Å². The lowest BCUT2D eigenvalue weighted by Crippen LogP contribution is -2.30. The first-order valence-electron chi connectivity index (χ1n) is 7.89. The highest BCUT2D eigenvalue weighted by molar-refractivity contribution is 5.97. The van der Waals surface area contributed by atoms with Crippen molar-refractivity contribution < 1.29 is 23.5 Å². The Bertz CT molecular complexity index is 743. The fourth-order valence-electron chi connectivity index (χ4n) is 2.03. The van der Waals surface area contributed by atoms with E-state index < -0.39 is 23.8 Å². The van der Waals surface area contributed by atoms with Crippen LogP contribution in [0, 0.1) is 5.82 Å². The summed E-state index contributed by atoms with van der Waals surface area (Å²) in [4.78, 5) is 24.1. The molecule has 0 unspecified atom stereocenters. The number of carbonyl (C=O) groups is 2. The van der Waals surface area contributed by atoms with Crippen molar-refractivity contribution in [3.8, 4) is 5.75 Å². The van der Waals surface area contributed by atoms with Gasteiger partial charge >= 0.3 is 5.97 Å². The highest BCUT2D eigenvalue weighted by Gasteiger charge is 2.19. The standard InChI is InChI=1S/C19H20FNO4/c1-12(2)24-17-9-7-14(8-10-17)19(23)25-13(3)18(22)21-16-6-4-5-15(20)11-16/h4-13H,1-3H3,(H,21,22)/t13-/m1/s1. The predicted molar refractivity (Wildman–Crippen MR) is 92.1 cm³/mol. The van der Waals surface area contributed by atoms with E-state index in [1.807, 2.05) is 13.8 Å². The first-order chi connectivity index (χ1) is 11.8. The van der Waals surface area contributed by atoms with Crippen molar-refractivity contribution in [3.05, 3.63) is 59.9 Å². The van der Waals surface area contributed by atoms with Crippen LogP contribution in [0.5, 0.6) is 5.75 Å². The number of esters is 1. The van der Waals surface area contributed by atoms with Crippen molar-refractivity contribution in [1.82, 2.24) is 0 Å². The van der Waals surface area contributed by atoms with Crippen molar-refractivity contribution in [2.45, 2.75) is 33.0 Å². The van der Waals surface area contributed by atoms with Crippen LogP contribution in [0.25, 0.3) is 0 Å². The second kappa shape index (κ2) is 8.28. The number of carbonyl (C=O) groups excluding carboxylic acids is 2. The summed E-state index contributed by atoms with van der Waals surface area (Å²) in [6, 6.07) is 11.9. The zero-order chi connectivity index (χ0) is 18.4. The number of hydrogen-bond donors (Lipinski definition) is 1. The number of nitrogens with one attached hydrogen (secondary N) is 1. The third-order valence-corrected chi connectivity index (χ3v) is 3.21. The van der Waals surface area contributed by atoms with Crippen molar-refractivity contribution in [2.24, 2.45) is 0 Å². The van der Waals surface area contributed by atoms with Gasteiger partial charge in [-0.3, -0.25) is 4.79 Å². The van der Waals surface area contributed by atoms with Gasteiger partial charge in [0.2, 0.25) is 0 Å². The Morgan fingerprint density at radius 1 is 1.04 bits per heavy atom. The lowest BCUT2D eigenvalue weighted by molar-refractivity contribution is -0.123. The zero-order valence-corrected chi connectivity index (χ0v) is 14.3. The molecule has 0 saturated carbocycles. The molecule has 0 aliphatic heterocycles. The number of hydrogen-bond acceptors (Lipinski definition) is 4. The fraction of sp³-hybridized carbons (Fsp3) is 0.263. The normalized spacial score (nSPS) is 11.7. The zero-order valence-electron chi connectivity index (χ0n) is 14.3. The van der Waals surface area contributed by atoms with Gasteiger partial charge in [0.25, 0.3) is 5.91 Å². The summed E-state index contributed by atoms with van der Waals surface area (Å²) in [6.07, 6.45) is -0.994. The molecule has 25 heavy (non-hydrogen) atoms. The van der Waals surface area contributed by atoms with Crippen LogP contribution in [0.3, 0.4) is 0 Å². The number of anilines is 1. The molecule has 0 bridgehead atoms. The Morgan fingerprint density at radius 2 is 1.72 bits per heavy atom. The van der Waals surface area contributed by atoms with Gasteiger partial charge in [0.15, 0.2) is 6.10 Å². The van der Waals surface area contributed by atoms with Crippen LogP contribution in [0.4, 0.5) is 10.1 Å². The number of ether oxygens (including phenoxy) is 2. The molecule has 1 N–H and O–H groups in total. The van der Waals surface area contributed by atoms with Gasteiger partial charge in [-0.1, -0.05) is 6.07 Å². The molecule has 1 amide bonds. The molecule has 2 aromatic rings. The van der Waals surface area contributed by atoms with E-state index in [4.69, 9.17) is 9.47 Å². The summed E-state index contributed by atoms with van der Waals surface area (Å²) < 4.78 is 23.7. The first-order valence-corrected chi connectivity index (χ1v) is 7.89. The van der Waals surface area contributed by atoms with Gasteiger partial charge < -0.3 is 14.8 Å². The minimum absolute atomic E-state index is 0.0318. The molecule has 2 aromatic carbocycles. The molecule has 0 radical (unpaired) electrons. The molecule has 0 saturated heterocycles. The van der Waals surface area contributed by atoms with Gasteiger partial charge in [0.05, 0.1) is 11.7 Å². The molecule has 0 aliphatic rings. The Balaban J connectivity index is 1.93. The van der Waals surface area contributed by atoms with Crippen LogP contribution in [-0.2, 0) is 9.53 Å². The minimum Gasteiger partial charge on any atom is -0.491 e. The first kappa shape index (κ1) is 18.4. The summed E-state index contributed by atoms with van der Waals surface area (Å²) in [5.41, 5.74) is 0.601. The molecular formula is C19H20FNO4. The van der Waals surface area contributed by atoms with Crippen molar-refractivity contribution in [3.63, 3.8) is 0 Å². The average Bonchev–Trinajstić information content (AvgIpc) is 2.54. The third-order valence-electron chi connectivity index (χ3n) is 3.21. The van der Waals surface area contributed by atoms with Gasteiger partial charge in [0.1, 0.15) is 11.6 Å². The summed E-state index contributed by atoms with van der Waals surface area (Å²) in [5.74, 6) is -0.994. The molecule has 2 rings (SSSR count). The summed E-state index contributed by atoms with van der Waals surface area (Å²) in [5, 5.41) is 2.49. The highest BCUT2D eigenvalue weighted by atomic mass is 19.1. The van der Waals surface area contributed by atoms with E-state index in [9.17, 15) is 14.0 Å². The van der Waals surface area contributed by atoms with E-state index in [1.54, 1.807) is 30.3 Å². The van der Waals surface area contributed by atoms with E-state index in [1.165, 1.54) is 25.1 Å². The summed E-state index contributed by atoms with van der Waals surface area (Å²) in [7, 11) is 0. The number of halogens is 1. The minimum atomic E-state index is -1.03. The smallest absolute Gasteiger partial charge is 0.338 e. The number of benzene rings is 2. The van der Waals surface area contributed by atoms with Gasteiger partial charge in [-0.15, -0.1) is 0 Å². The topological polar surface area (TPSA) is 64.6 Å². The molecule has 1 atom stereocenters. The van der Waals surface area contributed by atoms with Crippen LogP contribution in [-0.4, -0.2) is 24.1 Å². The van der Waals surface area contributed by atoms with Crippen LogP contribution in [0.1, 0.15) is 31.1 Å². The summed E-state index contributed by atoms with van der Waals surface area (Å²) in [6.45, 7) is 5.25. The molecule has 6 heteroatoms. The Morgan fingerprint density at radius 3 is 2.32 bits per heavy atom. The Labute approximate surface area is 145 Å². The van der Waals surface area contributed by atoms with Gasteiger partial charge in [0, 0.05) is 5.69 Å². The average molecular weight is 345 g/mol. The molecular weight excluding hydrogens is 325 g/mol. The maximum atomic E-state index is 13.1. The quantitative estimate of drug-likeness (QED) is 0.809. The third kappa shape index (κ3) is 5.60. The van der Waals surface area contributed by atoms with E-state index in [-0.39, 0.29) is 6.10 Å². The monoisotopic (exact) mass is 345 g/mol. The maximum Gasteiger partial charge on any atom is 0.338 e. The van der Waals surface area contributed by atoms with Crippen molar-refractivity contribution in [1.29, 1.82) is 0 Å². The van der Waals surface area contributed by atoms with Gasteiger partial charge in [-0.2, -0.15) is 0 Å². The summed E-state index contributed by atoms with van der Waals surface area (Å²) >= 11 is 0. The fourth-order valence-corrected chi connectivity index (χ4v) is 2.03. The van der Waals surface area contributed by atoms with Crippen LogP contribution < -0.4 is 10.1 Å². The lowest BCUT2D eigenvalue weighted by atomic mass is 10.2.